The molecular weight excluding hydrogens is 422 g/mol. The molecule has 1 aromatic carbocycles. The Morgan fingerprint density at radius 3 is 2.42 bits per heavy atom. The van der Waals surface area contributed by atoms with Crippen LogP contribution < -0.4 is 21.1 Å². The van der Waals surface area contributed by atoms with Crippen LogP contribution in [0, 0.1) is 5.82 Å². The van der Waals surface area contributed by atoms with E-state index in [9.17, 15) is 17.6 Å². The fraction of sp³-hybridized carbons (Fsp3) is 0.467. The molecule has 1 spiro atoms. The SMILES string of the molecule is NC1=NC2(CCCCC2)N(c2c(Br)ccc(F)c2OC(F)(F)F)C(N)=N1. The molecule has 0 atom stereocenters. The number of hydrogen-bond donors (Lipinski definition) is 2. The summed E-state index contributed by atoms with van der Waals surface area (Å²) < 4.78 is 57.0. The number of nitrogens with two attached hydrogens (primary N) is 2. The molecule has 0 bridgehead atoms. The standard InChI is InChI=1S/C15H16BrF4N5O/c16-8-4-5-9(17)11(26-15(18,19)20)10(8)25-13(22)23-12(21)24-14(25)6-2-1-3-7-14/h4-5H,1-3,6-7H2,(H4,21,22,23,24). The molecule has 0 aromatic heterocycles. The lowest BCUT2D eigenvalue weighted by Crippen LogP contribution is -2.58. The number of ether oxygens (including phenoxy) is 1. The van der Waals surface area contributed by atoms with Crippen molar-refractivity contribution in [1.82, 2.24) is 0 Å². The lowest BCUT2D eigenvalue weighted by Gasteiger charge is -2.46. The van der Waals surface area contributed by atoms with Crippen LogP contribution in [0.1, 0.15) is 32.1 Å². The first-order chi connectivity index (χ1) is 12.1. The third kappa shape index (κ3) is 3.44. The summed E-state index contributed by atoms with van der Waals surface area (Å²) in [5.41, 5.74) is 10.5. The van der Waals surface area contributed by atoms with E-state index in [1.54, 1.807) is 0 Å². The first-order valence-electron chi connectivity index (χ1n) is 7.86. The normalized spacial score (nSPS) is 20.0. The summed E-state index contributed by atoms with van der Waals surface area (Å²) in [6, 6.07) is 2.15. The Hall–Kier alpha value is -2.04. The summed E-state index contributed by atoms with van der Waals surface area (Å²) in [7, 11) is 0. The van der Waals surface area contributed by atoms with E-state index in [-0.39, 0.29) is 22.1 Å². The fourth-order valence-electron chi connectivity index (χ4n) is 3.39. The highest BCUT2D eigenvalue weighted by molar-refractivity contribution is 9.10. The zero-order valence-electron chi connectivity index (χ0n) is 13.5. The van der Waals surface area contributed by atoms with Crippen LogP contribution in [0.25, 0.3) is 0 Å². The second-order valence-electron chi connectivity index (χ2n) is 6.07. The zero-order valence-corrected chi connectivity index (χ0v) is 15.1. The molecule has 0 unspecified atom stereocenters. The molecule has 4 N–H and O–H groups in total. The monoisotopic (exact) mass is 437 g/mol. The van der Waals surface area contributed by atoms with E-state index in [0.717, 1.165) is 25.3 Å². The third-order valence-electron chi connectivity index (χ3n) is 4.33. The lowest BCUT2D eigenvalue weighted by molar-refractivity contribution is -0.275. The van der Waals surface area contributed by atoms with Gasteiger partial charge in [-0.25, -0.2) is 9.38 Å². The number of halogens is 5. The van der Waals surface area contributed by atoms with Crippen molar-refractivity contribution in [3.8, 4) is 5.75 Å². The molecular formula is C15H16BrF4N5O. The molecule has 1 aliphatic carbocycles. The van der Waals surface area contributed by atoms with Gasteiger partial charge < -0.3 is 16.2 Å². The van der Waals surface area contributed by atoms with Crippen molar-refractivity contribution in [3.63, 3.8) is 0 Å². The van der Waals surface area contributed by atoms with Gasteiger partial charge in [0, 0.05) is 4.47 Å². The summed E-state index contributed by atoms with van der Waals surface area (Å²) in [5, 5.41) is 0. The average Bonchev–Trinajstić information content (AvgIpc) is 2.52. The van der Waals surface area contributed by atoms with Gasteiger partial charge in [-0.1, -0.05) is 6.42 Å². The predicted molar refractivity (Wildman–Crippen MR) is 92.3 cm³/mol. The Morgan fingerprint density at radius 1 is 1.15 bits per heavy atom. The number of nitrogens with zero attached hydrogens (tertiary/aromatic N) is 3. The van der Waals surface area contributed by atoms with Crippen LogP contribution in [0.4, 0.5) is 23.2 Å². The van der Waals surface area contributed by atoms with Crippen LogP contribution >= 0.6 is 15.9 Å². The number of alkyl halides is 3. The molecule has 1 aliphatic heterocycles. The van der Waals surface area contributed by atoms with Crippen molar-refractivity contribution in [2.24, 2.45) is 21.5 Å². The summed E-state index contributed by atoms with van der Waals surface area (Å²) >= 11 is 3.17. The minimum Gasteiger partial charge on any atom is -0.400 e. The van der Waals surface area contributed by atoms with E-state index in [1.165, 1.54) is 11.0 Å². The second-order valence-corrected chi connectivity index (χ2v) is 6.93. The summed E-state index contributed by atoms with van der Waals surface area (Å²) in [5.74, 6) is -2.41. The fourth-order valence-corrected chi connectivity index (χ4v) is 3.88. The van der Waals surface area contributed by atoms with Gasteiger partial charge in [-0.2, -0.15) is 4.99 Å². The molecule has 1 fully saturated rings. The van der Waals surface area contributed by atoms with Crippen LogP contribution in [-0.2, 0) is 0 Å². The van der Waals surface area contributed by atoms with E-state index >= 15 is 0 Å². The Bertz CT molecular complexity index is 774. The number of hydrogen-bond acceptors (Lipinski definition) is 6. The summed E-state index contributed by atoms with van der Waals surface area (Å²) in [6.07, 6.45) is -1.64. The van der Waals surface area contributed by atoms with Crippen molar-refractivity contribution in [2.45, 2.75) is 44.1 Å². The average molecular weight is 438 g/mol. The van der Waals surface area contributed by atoms with E-state index in [4.69, 9.17) is 11.5 Å². The van der Waals surface area contributed by atoms with Crippen LogP contribution in [0.3, 0.4) is 0 Å². The van der Waals surface area contributed by atoms with Gasteiger partial charge in [-0.05, 0) is 53.7 Å². The molecule has 2 aliphatic rings. The maximum atomic E-state index is 14.3. The minimum absolute atomic E-state index is 0.0635. The Kier molecular flexibility index (Phi) is 4.76. The second kappa shape index (κ2) is 6.60. The Morgan fingerprint density at radius 2 is 1.81 bits per heavy atom. The topological polar surface area (TPSA) is 89.2 Å². The minimum atomic E-state index is -5.08. The summed E-state index contributed by atoms with van der Waals surface area (Å²) in [4.78, 5) is 9.52. The maximum absolute atomic E-state index is 14.3. The largest absolute Gasteiger partial charge is 0.573 e. The summed E-state index contributed by atoms with van der Waals surface area (Å²) in [6.45, 7) is 0. The van der Waals surface area contributed by atoms with Gasteiger partial charge in [0.2, 0.25) is 11.9 Å². The first-order valence-corrected chi connectivity index (χ1v) is 8.66. The lowest BCUT2D eigenvalue weighted by atomic mass is 9.87. The smallest absolute Gasteiger partial charge is 0.400 e. The van der Waals surface area contributed by atoms with Gasteiger partial charge in [0.05, 0.1) is 0 Å². The van der Waals surface area contributed by atoms with Crippen LogP contribution in [0.5, 0.6) is 5.75 Å². The number of anilines is 1. The van der Waals surface area contributed by atoms with Crippen molar-refractivity contribution in [3.05, 3.63) is 22.4 Å². The van der Waals surface area contributed by atoms with Gasteiger partial charge >= 0.3 is 6.36 Å². The van der Waals surface area contributed by atoms with E-state index in [2.05, 4.69) is 30.7 Å². The highest BCUT2D eigenvalue weighted by Gasteiger charge is 2.46. The van der Waals surface area contributed by atoms with Gasteiger partial charge in [-0.3, -0.25) is 4.90 Å². The number of benzene rings is 1. The first kappa shape index (κ1) is 18.7. The maximum Gasteiger partial charge on any atom is 0.573 e. The molecule has 1 heterocycles. The Balaban J connectivity index is 2.20. The molecule has 0 saturated heterocycles. The molecule has 0 amide bonds. The van der Waals surface area contributed by atoms with Crippen LogP contribution in [0.15, 0.2) is 26.6 Å². The zero-order chi connectivity index (χ0) is 19.1. The van der Waals surface area contributed by atoms with Gasteiger partial charge in [-0.15, -0.1) is 13.2 Å². The number of rotatable bonds is 2. The molecule has 11 heteroatoms. The van der Waals surface area contributed by atoms with Gasteiger partial charge in [0.1, 0.15) is 11.4 Å². The quantitative estimate of drug-likeness (QED) is 0.691. The predicted octanol–water partition coefficient (Wildman–Crippen LogP) is 3.60. The Labute approximate surface area is 155 Å². The van der Waals surface area contributed by atoms with Crippen molar-refractivity contribution >= 4 is 33.5 Å². The van der Waals surface area contributed by atoms with Crippen molar-refractivity contribution in [1.29, 1.82) is 0 Å². The van der Waals surface area contributed by atoms with Gasteiger partial charge in [0.25, 0.3) is 0 Å². The number of aliphatic imine (C=N–C) groups is 2. The molecule has 142 valence electrons. The van der Waals surface area contributed by atoms with Crippen molar-refractivity contribution in [2.75, 3.05) is 4.90 Å². The molecule has 26 heavy (non-hydrogen) atoms. The molecule has 1 saturated carbocycles. The van der Waals surface area contributed by atoms with E-state index in [1.807, 2.05) is 0 Å². The molecule has 0 radical (unpaired) electrons. The third-order valence-corrected chi connectivity index (χ3v) is 4.97. The van der Waals surface area contributed by atoms with Crippen LogP contribution in [0.2, 0.25) is 0 Å². The van der Waals surface area contributed by atoms with Crippen LogP contribution in [-0.4, -0.2) is 23.9 Å². The highest BCUT2D eigenvalue weighted by Crippen LogP contribution is 2.47. The van der Waals surface area contributed by atoms with Crippen molar-refractivity contribution < 1.29 is 22.3 Å². The van der Waals surface area contributed by atoms with E-state index < -0.39 is 23.6 Å². The molecule has 3 rings (SSSR count). The highest BCUT2D eigenvalue weighted by atomic mass is 79.9. The van der Waals surface area contributed by atoms with Gasteiger partial charge in [0.15, 0.2) is 11.6 Å². The van der Waals surface area contributed by atoms with E-state index in [0.29, 0.717) is 12.8 Å². The molecule has 1 aromatic rings. The molecule has 6 nitrogen and oxygen atoms in total. The number of guanidine groups is 2.